The fourth-order valence-electron chi connectivity index (χ4n) is 1.20. The average Bonchev–Trinajstić information content (AvgIpc) is 2.67. The monoisotopic (exact) mass is 215 g/mol. The molecule has 1 aromatic heterocycles. The zero-order chi connectivity index (χ0) is 10.4. The highest BCUT2D eigenvalue weighted by atomic mass is 32.1. The van der Waals surface area contributed by atoms with E-state index in [4.69, 9.17) is 4.74 Å². The van der Waals surface area contributed by atoms with E-state index < -0.39 is 6.10 Å². The van der Waals surface area contributed by atoms with Gasteiger partial charge >= 0.3 is 0 Å². The molecule has 0 fully saturated rings. The van der Waals surface area contributed by atoms with Gasteiger partial charge in [0.2, 0.25) is 0 Å². The van der Waals surface area contributed by atoms with Gasteiger partial charge in [-0.05, 0) is 29.3 Å². The van der Waals surface area contributed by atoms with Gasteiger partial charge in [0.15, 0.2) is 0 Å². The van der Waals surface area contributed by atoms with Crippen molar-refractivity contribution in [2.75, 3.05) is 20.3 Å². The molecule has 3 nitrogen and oxygen atoms in total. The minimum atomic E-state index is -0.416. The number of thiophene rings is 1. The highest BCUT2D eigenvalue weighted by Crippen LogP contribution is 2.15. The van der Waals surface area contributed by atoms with Gasteiger partial charge in [-0.1, -0.05) is 0 Å². The summed E-state index contributed by atoms with van der Waals surface area (Å²) < 4.78 is 4.98. The maximum Gasteiger partial charge on any atom is 0.0922 e. The lowest BCUT2D eigenvalue weighted by atomic mass is 10.2. The quantitative estimate of drug-likeness (QED) is 0.754. The summed E-state index contributed by atoms with van der Waals surface area (Å²) in [5, 5.41) is 16.9. The Balaban J connectivity index is 2.24. The Morgan fingerprint density at radius 2 is 2.43 bits per heavy atom. The standard InChI is InChI=1S/C10H17NO2S/c1-8(6-13-2)11-5-10(12)9-3-4-14-7-9/h3-4,7-8,10-12H,5-6H2,1-2H3. The van der Waals surface area contributed by atoms with Crippen molar-refractivity contribution in [2.45, 2.75) is 19.1 Å². The van der Waals surface area contributed by atoms with Gasteiger partial charge in [-0.3, -0.25) is 0 Å². The van der Waals surface area contributed by atoms with Crippen LogP contribution < -0.4 is 5.32 Å². The molecule has 0 aliphatic rings. The molecule has 0 aliphatic heterocycles. The van der Waals surface area contributed by atoms with E-state index in [1.807, 2.05) is 23.8 Å². The van der Waals surface area contributed by atoms with Crippen LogP contribution in [0.3, 0.4) is 0 Å². The molecule has 4 heteroatoms. The molecule has 0 aromatic carbocycles. The van der Waals surface area contributed by atoms with Crippen LogP contribution in [0.2, 0.25) is 0 Å². The van der Waals surface area contributed by atoms with Gasteiger partial charge in [-0.25, -0.2) is 0 Å². The lowest BCUT2D eigenvalue weighted by Crippen LogP contribution is -2.33. The molecule has 0 saturated heterocycles. The number of hydrogen-bond acceptors (Lipinski definition) is 4. The molecule has 0 aliphatic carbocycles. The second-order valence-electron chi connectivity index (χ2n) is 3.34. The van der Waals surface area contributed by atoms with Crippen LogP contribution in [0.25, 0.3) is 0 Å². The van der Waals surface area contributed by atoms with E-state index in [-0.39, 0.29) is 6.04 Å². The van der Waals surface area contributed by atoms with Crippen LogP contribution in [0.15, 0.2) is 16.8 Å². The van der Waals surface area contributed by atoms with E-state index in [1.54, 1.807) is 18.4 Å². The van der Waals surface area contributed by atoms with Crippen LogP contribution in [0.1, 0.15) is 18.6 Å². The molecular formula is C10H17NO2S. The molecule has 0 amide bonds. The third-order valence-electron chi connectivity index (χ3n) is 2.00. The third-order valence-corrected chi connectivity index (χ3v) is 2.71. The van der Waals surface area contributed by atoms with Gasteiger partial charge in [-0.2, -0.15) is 11.3 Å². The lowest BCUT2D eigenvalue weighted by molar-refractivity contribution is 0.143. The van der Waals surface area contributed by atoms with Crippen molar-refractivity contribution in [2.24, 2.45) is 0 Å². The largest absolute Gasteiger partial charge is 0.387 e. The van der Waals surface area contributed by atoms with E-state index >= 15 is 0 Å². The summed E-state index contributed by atoms with van der Waals surface area (Å²) in [7, 11) is 1.67. The predicted octanol–water partition coefficient (Wildman–Crippen LogP) is 1.41. The highest BCUT2D eigenvalue weighted by Gasteiger charge is 2.09. The number of nitrogens with one attached hydrogen (secondary N) is 1. The number of hydrogen-bond donors (Lipinski definition) is 2. The van der Waals surface area contributed by atoms with Crippen LogP contribution in [0.4, 0.5) is 0 Å². The molecule has 0 spiro atoms. The van der Waals surface area contributed by atoms with Crippen molar-refractivity contribution in [3.05, 3.63) is 22.4 Å². The van der Waals surface area contributed by atoms with E-state index in [2.05, 4.69) is 5.32 Å². The topological polar surface area (TPSA) is 41.5 Å². The maximum atomic E-state index is 9.73. The van der Waals surface area contributed by atoms with Crippen molar-refractivity contribution in [3.63, 3.8) is 0 Å². The Morgan fingerprint density at radius 3 is 3.00 bits per heavy atom. The molecular weight excluding hydrogens is 198 g/mol. The van der Waals surface area contributed by atoms with Crippen LogP contribution in [-0.2, 0) is 4.74 Å². The number of aliphatic hydroxyl groups excluding tert-OH is 1. The molecule has 0 radical (unpaired) electrons. The third kappa shape index (κ3) is 3.75. The van der Waals surface area contributed by atoms with Crippen molar-refractivity contribution in [3.8, 4) is 0 Å². The number of ether oxygens (including phenoxy) is 1. The highest BCUT2D eigenvalue weighted by molar-refractivity contribution is 7.07. The SMILES string of the molecule is COCC(C)NCC(O)c1ccsc1. The molecule has 0 saturated carbocycles. The maximum absolute atomic E-state index is 9.73. The van der Waals surface area contributed by atoms with Crippen molar-refractivity contribution in [1.82, 2.24) is 5.32 Å². The first-order chi connectivity index (χ1) is 6.74. The predicted molar refractivity (Wildman–Crippen MR) is 58.6 cm³/mol. The van der Waals surface area contributed by atoms with Gasteiger partial charge in [-0.15, -0.1) is 0 Å². The smallest absolute Gasteiger partial charge is 0.0922 e. The van der Waals surface area contributed by atoms with Crippen molar-refractivity contribution >= 4 is 11.3 Å². The summed E-state index contributed by atoms with van der Waals surface area (Å²) >= 11 is 1.60. The van der Waals surface area contributed by atoms with Gasteiger partial charge in [0.05, 0.1) is 12.7 Å². The first-order valence-electron chi connectivity index (χ1n) is 4.66. The number of aliphatic hydroxyl groups is 1. The molecule has 14 heavy (non-hydrogen) atoms. The summed E-state index contributed by atoms with van der Waals surface area (Å²) in [6.45, 7) is 3.27. The minimum Gasteiger partial charge on any atom is -0.387 e. The van der Waals surface area contributed by atoms with E-state index in [1.165, 1.54) is 0 Å². The minimum absolute atomic E-state index is 0.272. The molecule has 2 N–H and O–H groups in total. The average molecular weight is 215 g/mol. The summed E-state index contributed by atoms with van der Waals surface area (Å²) in [6.07, 6.45) is -0.416. The molecule has 2 unspecified atom stereocenters. The van der Waals surface area contributed by atoms with E-state index in [0.29, 0.717) is 13.2 Å². The summed E-state index contributed by atoms with van der Waals surface area (Å²) in [6, 6.07) is 2.21. The van der Waals surface area contributed by atoms with Crippen LogP contribution in [0.5, 0.6) is 0 Å². The summed E-state index contributed by atoms with van der Waals surface area (Å²) in [4.78, 5) is 0. The van der Waals surface area contributed by atoms with Crippen LogP contribution in [-0.4, -0.2) is 31.4 Å². The molecule has 1 aromatic rings. The first-order valence-corrected chi connectivity index (χ1v) is 5.60. The van der Waals surface area contributed by atoms with Crippen molar-refractivity contribution < 1.29 is 9.84 Å². The Hall–Kier alpha value is -0.420. The Bertz CT molecular complexity index is 238. The Kier molecular flexibility index (Phi) is 5.11. The fourth-order valence-corrected chi connectivity index (χ4v) is 1.91. The molecule has 0 bridgehead atoms. The van der Waals surface area contributed by atoms with Gasteiger partial charge in [0, 0.05) is 19.7 Å². The number of rotatable bonds is 6. The summed E-state index contributed by atoms with van der Waals surface area (Å²) in [5.74, 6) is 0. The molecule has 2 atom stereocenters. The molecule has 1 heterocycles. The van der Waals surface area contributed by atoms with Crippen molar-refractivity contribution in [1.29, 1.82) is 0 Å². The van der Waals surface area contributed by atoms with E-state index in [9.17, 15) is 5.11 Å². The van der Waals surface area contributed by atoms with Crippen LogP contribution in [0, 0.1) is 0 Å². The Labute approximate surface area is 88.7 Å². The second kappa shape index (κ2) is 6.14. The van der Waals surface area contributed by atoms with Crippen LogP contribution >= 0.6 is 11.3 Å². The first kappa shape index (κ1) is 11.7. The summed E-state index contributed by atoms with van der Waals surface area (Å²) in [5.41, 5.74) is 0.979. The van der Waals surface area contributed by atoms with Gasteiger partial charge in [0.25, 0.3) is 0 Å². The zero-order valence-electron chi connectivity index (χ0n) is 8.56. The molecule has 1 rings (SSSR count). The van der Waals surface area contributed by atoms with E-state index in [0.717, 1.165) is 5.56 Å². The second-order valence-corrected chi connectivity index (χ2v) is 4.12. The van der Waals surface area contributed by atoms with Gasteiger partial charge < -0.3 is 15.2 Å². The zero-order valence-corrected chi connectivity index (χ0v) is 9.38. The normalized spacial score (nSPS) is 15.4. The molecule has 80 valence electrons. The number of methoxy groups -OCH3 is 1. The Morgan fingerprint density at radius 1 is 1.64 bits per heavy atom. The van der Waals surface area contributed by atoms with Gasteiger partial charge in [0.1, 0.15) is 0 Å². The lowest BCUT2D eigenvalue weighted by Gasteiger charge is -2.15. The fraction of sp³-hybridized carbons (Fsp3) is 0.600.